The quantitative estimate of drug-likeness (QED) is 0.681. The van der Waals surface area contributed by atoms with Crippen LogP contribution in [-0.2, 0) is 19.4 Å². The van der Waals surface area contributed by atoms with Crippen LogP contribution in [0.4, 0.5) is 11.4 Å². The number of aryl methyl sites for hydroxylation is 3. The smallest absolute Gasteiger partial charge is 0.292 e. The summed E-state index contributed by atoms with van der Waals surface area (Å²) < 4.78 is 0. The molecule has 1 heterocycles. The molecule has 0 fully saturated rings. The molecular formula is C15H16N2O2S. The number of anilines is 1. The van der Waals surface area contributed by atoms with Gasteiger partial charge in [-0.2, -0.15) is 0 Å². The van der Waals surface area contributed by atoms with Crippen molar-refractivity contribution >= 4 is 22.7 Å². The Bertz CT molecular complexity index is 642. The summed E-state index contributed by atoms with van der Waals surface area (Å²) in [5.74, 6) is 0. The molecule has 4 nitrogen and oxygen atoms in total. The molecule has 1 N–H and O–H groups in total. The maximum atomic E-state index is 11.1. The molecule has 20 heavy (non-hydrogen) atoms. The Balaban J connectivity index is 1.76. The minimum atomic E-state index is -0.330. The molecule has 5 heteroatoms. The summed E-state index contributed by atoms with van der Waals surface area (Å²) in [6, 6.07) is 7.52. The second kappa shape index (κ2) is 5.25. The number of rotatable bonds is 4. The van der Waals surface area contributed by atoms with Crippen molar-refractivity contribution in [2.45, 2.75) is 32.7 Å². The van der Waals surface area contributed by atoms with Gasteiger partial charge in [-0.25, -0.2) is 0 Å². The van der Waals surface area contributed by atoms with Crippen LogP contribution in [0.2, 0.25) is 0 Å². The van der Waals surface area contributed by atoms with E-state index < -0.39 is 0 Å². The topological polar surface area (TPSA) is 55.2 Å². The van der Waals surface area contributed by atoms with Crippen molar-refractivity contribution in [2.24, 2.45) is 0 Å². The molecule has 0 saturated heterocycles. The Morgan fingerprint density at radius 3 is 2.95 bits per heavy atom. The molecule has 104 valence electrons. The second-order valence-electron chi connectivity index (χ2n) is 5.15. The van der Waals surface area contributed by atoms with Gasteiger partial charge in [0, 0.05) is 22.4 Å². The van der Waals surface area contributed by atoms with E-state index in [0.29, 0.717) is 12.2 Å². The van der Waals surface area contributed by atoms with Gasteiger partial charge in [-0.1, -0.05) is 6.07 Å². The molecule has 0 bridgehead atoms. The average molecular weight is 288 g/mol. The van der Waals surface area contributed by atoms with Crippen molar-refractivity contribution in [2.75, 3.05) is 5.32 Å². The van der Waals surface area contributed by atoms with E-state index in [4.69, 9.17) is 0 Å². The van der Waals surface area contributed by atoms with Crippen LogP contribution in [0, 0.1) is 17.0 Å². The van der Waals surface area contributed by atoms with Crippen LogP contribution in [0.25, 0.3) is 0 Å². The summed E-state index contributed by atoms with van der Waals surface area (Å²) in [7, 11) is 0. The number of benzene rings is 1. The van der Waals surface area contributed by atoms with E-state index in [0.717, 1.165) is 5.56 Å². The number of hydrogen-bond acceptors (Lipinski definition) is 4. The van der Waals surface area contributed by atoms with Gasteiger partial charge in [-0.3, -0.25) is 10.1 Å². The zero-order chi connectivity index (χ0) is 14.1. The summed E-state index contributed by atoms with van der Waals surface area (Å²) in [6.45, 7) is 2.52. The van der Waals surface area contributed by atoms with E-state index in [2.05, 4.69) is 11.4 Å². The van der Waals surface area contributed by atoms with Gasteiger partial charge < -0.3 is 5.32 Å². The van der Waals surface area contributed by atoms with E-state index in [-0.39, 0.29) is 10.6 Å². The molecule has 1 aromatic carbocycles. The highest BCUT2D eigenvalue weighted by molar-refractivity contribution is 7.12. The lowest BCUT2D eigenvalue weighted by molar-refractivity contribution is -0.384. The number of nitrogens with one attached hydrogen (secondary N) is 1. The van der Waals surface area contributed by atoms with E-state index in [1.807, 2.05) is 24.3 Å². The van der Waals surface area contributed by atoms with Crippen LogP contribution in [0.3, 0.4) is 0 Å². The van der Waals surface area contributed by atoms with E-state index in [9.17, 15) is 10.1 Å². The number of fused-ring (bicyclic) bond motifs is 1. The van der Waals surface area contributed by atoms with Crippen molar-refractivity contribution in [3.05, 3.63) is 55.3 Å². The summed E-state index contributed by atoms with van der Waals surface area (Å²) in [4.78, 5) is 13.5. The molecule has 0 spiro atoms. The molecule has 0 aliphatic heterocycles. The predicted molar refractivity (Wildman–Crippen MR) is 81.5 cm³/mol. The lowest BCUT2D eigenvalue weighted by atomic mass is 10.2. The van der Waals surface area contributed by atoms with Gasteiger partial charge >= 0.3 is 0 Å². The number of nitrogens with zero attached hydrogens (tertiary/aromatic N) is 1. The third-order valence-corrected chi connectivity index (χ3v) is 4.84. The van der Waals surface area contributed by atoms with Crippen molar-refractivity contribution < 1.29 is 4.92 Å². The van der Waals surface area contributed by atoms with Crippen molar-refractivity contribution in [3.63, 3.8) is 0 Å². The predicted octanol–water partition coefficient (Wildman–Crippen LogP) is 4.07. The second-order valence-corrected chi connectivity index (χ2v) is 6.37. The molecule has 1 aromatic heterocycles. The zero-order valence-electron chi connectivity index (χ0n) is 11.3. The van der Waals surface area contributed by atoms with Crippen molar-refractivity contribution in [1.82, 2.24) is 0 Å². The number of nitro groups is 1. The first-order valence-corrected chi connectivity index (χ1v) is 7.54. The summed E-state index contributed by atoms with van der Waals surface area (Å²) in [5.41, 5.74) is 3.10. The minimum Gasteiger partial charge on any atom is -0.375 e. The van der Waals surface area contributed by atoms with Crippen molar-refractivity contribution in [1.29, 1.82) is 0 Å². The molecule has 0 amide bonds. The largest absolute Gasteiger partial charge is 0.375 e. The average Bonchev–Trinajstić information content (AvgIpc) is 2.97. The van der Waals surface area contributed by atoms with Crippen LogP contribution in [0.5, 0.6) is 0 Å². The van der Waals surface area contributed by atoms with Gasteiger partial charge in [0.25, 0.3) is 5.69 Å². The summed E-state index contributed by atoms with van der Waals surface area (Å²) >= 11 is 1.83. The third kappa shape index (κ3) is 2.54. The lowest BCUT2D eigenvalue weighted by Crippen LogP contribution is -2.01. The third-order valence-electron chi connectivity index (χ3n) is 3.60. The maximum absolute atomic E-state index is 11.1. The number of thiophene rings is 1. The first-order chi connectivity index (χ1) is 9.63. The highest BCUT2D eigenvalue weighted by Gasteiger charge is 2.16. The molecule has 1 aliphatic rings. The Kier molecular flexibility index (Phi) is 3.44. The summed E-state index contributed by atoms with van der Waals surface area (Å²) in [5, 5.41) is 14.3. The van der Waals surface area contributed by atoms with Gasteiger partial charge in [0.05, 0.1) is 4.92 Å². The highest BCUT2D eigenvalue weighted by atomic mass is 32.1. The van der Waals surface area contributed by atoms with Crippen LogP contribution in [0.1, 0.15) is 27.3 Å². The molecule has 3 rings (SSSR count). The monoisotopic (exact) mass is 288 g/mol. The van der Waals surface area contributed by atoms with Gasteiger partial charge in [0.1, 0.15) is 5.69 Å². The lowest BCUT2D eigenvalue weighted by Gasteiger charge is -2.06. The first kappa shape index (κ1) is 13.1. The number of hydrogen-bond donors (Lipinski definition) is 1. The van der Waals surface area contributed by atoms with E-state index >= 15 is 0 Å². The molecule has 0 atom stereocenters. The molecular weight excluding hydrogens is 272 g/mol. The highest BCUT2D eigenvalue weighted by Crippen LogP contribution is 2.32. The minimum absolute atomic E-state index is 0.147. The Morgan fingerprint density at radius 2 is 2.20 bits per heavy atom. The zero-order valence-corrected chi connectivity index (χ0v) is 12.1. The first-order valence-electron chi connectivity index (χ1n) is 6.73. The molecule has 0 saturated carbocycles. The van der Waals surface area contributed by atoms with Crippen LogP contribution >= 0.6 is 11.3 Å². The standard InChI is InChI=1S/C15H16N2O2S/c1-10-5-6-13(14(7-10)17(18)19)16-9-12-8-11-3-2-4-15(11)20-12/h5-8,16H,2-4,9H2,1H3. The fourth-order valence-electron chi connectivity index (χ4n) is 2.60. The normalized spacial score (nSPS) is 13.2. The Labute approximate surface area is 121 Å². The van der Waals surface area contributed by atoms with Gasteiger partial charge in [-0.15, -0.1) is 11.3 Å². The summed E-state index contributed by atoms with van der Waals surface area (Å²) in [6.07, 6.45) is 3.62. The number of nitro benzene ring substituents is 1. The van der Waals surface area contributed by atoms with E-state index in [1.54, 1.807) is 12.1 Å². The SMILES string of the molecule is Cc1ccc(NCc2cc3c(s2)CCC3)c([N+](=O)[O-])c1. The van der Waals surface area contributed by atoms with Crippen LogP contribution < -0.4 is 5.32 Å². The Hall–Kier alpha value is -1.88. The molecule has 2 aromatic rings. The van der Waals surface area contributed by atoms with E-state index in [1.165, 1.54) is 34.6 Å². The van der Waals surface area contributed by atoms with Crippen LogP contribution in [0.15, 0.2) is 24.3 Å². The van der Waals surface area contributed by atoms with Gasteiger partial charge in [0.15, 0.2) is 0 Å². The van der Waals surface area contributed by atoms with Gasteiger partial charge in [0.2, 0.25) is 0 Å². The molecule has 0 radical (unpaired) electrons. The molecule has 0 unspecified atom stereocenters. The van der Waals surface area contributed by atoms with Crippen LogP contribution in [-0.4, -0.2) is 4.92 Å². The fourth-order valence-corrected chi connectivity index (χ4v) is 3.80. The molecule has 1 aliphatic carbocycles. The fraction of sp³-hybridized carbons (Fsp3) is 0.333. The maximum Gasteiger partial charge on any atom is 0.292 e. The van der Waals surface area contributed by atoms with Gasteiger partial charge in [-0.05, 0) is 49.4 Å². The van der Waals surface area contributed by atoms with Crippen molar-refractivity contribution in [3.8, 4) is 0 Å². The Morgan fingerprint density at radius 1 is 1.35 bits per heavy atom.